The lowest BCUT2D eigenvalue weighted by atomic mass is 10.3. The lowest BCUT2D eigenvalue weighted by Gasteiger charge is -2.06. The number of halogens is 2. The van der Waals surface area contributed by atoms with E-state index >= 15 is 0 Å². The maximum absolute atomic E-state index is 13.4. The molecule has 0 aliphatic carbocycles. The molecule has 0 radical (unpaired) electrons. The smallest absolute Gasteiger partial charge is 0.146 e. The predicted octanol–water partition coefficient (Wildman–Crippen LogP) is 4.11. The molecule has 0 bridgehead atoms. The van der Waals surface area contributed by atoms with E-state index in [1.54, 1.807) is 17.4 Å². The van der Waals surface area contributed by atoms with E-state index in [2.05, 4.69) is 17.2 Å². The number of anilines is 1. The third kappa shape index (κ3) is 3.17. The summed E-state index contributed by atoms with van der Waals surface area (Å²) in [6.45, 7) is 2.63. The predicted molar refractivity (Wildman–Crippen MR) is 70.2 cm³/mol. The molecule has 0 saturated heterocycles. The van der Waals surface area contributed by atoms with Crippen molar-refractivity contribution in [1.29, 1.82) is 0 Å². The SMILES string of the molecule is CCc1ncc(CNc2cc(Cl)ccc2F)s1. The molecule has 0 saturated carbocycles. The largest absolute Gasteiger partial charge is 0.378 e. The van der Waals surface area contributed by atoms with Crippen LogP contribution in [0.4, 0.5) is 10.1 Å². The molecule has 90 valence electrons. The van der Waals surface area contributed by atoms with Crippen LogP contribution in [0.5, 0.6) is 0 Å². The highest BCUT2D eigenvalue weighted by Crippen LogP contribution is 2.21. The third-order valence-electron chi connectivity index (χ3n) is 2.29. The number of hydrogen-bond acceptors (Lipinski definition) is 3. The molecule has 2 nitrogen and oxygen atoms in total. The Kier molecular flexibility index (Phi) is 3.97. The number of nitrogens with one attached hydrogen (secondary N) is 1. The molecular weight excluding hydrogens is 259 g/mol. The van der Waals surface area contributed by atoms with Crippen LogP contribution in [0.25, 0.3) is 0 Å². The minimum atomic E-state index is -0.297. The Morgan fingerprint density at radius 1 is 1.47 bits per heavy atom. The number of rotatable bonds is 4. The van der Waals surface area contributed by atoms with Gasteiger partial charge >= 0.3 is 0 Å². The lowest BCUT2D eigenvalue weighted by Crippen LogP contribution is -1.99. The van der Waals surface area contributed by atoms with Gasteiger partial charge in [0.15, 0.2) is 0 Å². The summed E-state index contributed by atoms with van der Waals surface area (Å²) in [6.07, 6.45) is 2.75. The summed E-state index contributed by atoms with van der Waals surface area (Å²) in [7, 11) is 0. The van der Waals surface area contributed by atoms with Crippen LogP contribution in [0.15, 0.2) is 24.4 Å². The number of benzene rings is 1. The fourth-order valence-corrected chi connectivity index (χ4v) is 2.38. The average molecular weight is 271 g/mol. The maximum atomic E-state index is 13.4. The summed E-state index contributed by atoms with van der Waals surface area (Å²) < 4.78 is 13.4. The van der Waals surface area contributed by atoms with Gasteiger partial charge in [0.25, 0.3) is 0 Å². The molecular formula is C12H12ClFN2S. The molecule has 1 heterocycles. The Labute approximate surface area is 108 Å². The first kappa shape index (κ1) is 12.3. The van der Waals surface area contributed by atoms with Crippen molar-refractivity contribution in [1.82, 2.24) is 4.98 Å². The van der Waals surface area contributed by atoms with Crippen molar-refractivity contribution in [3.05, 3.63) is 45.1 Å². The van der Waals surface area contributed by atoms with E-state index in [9.17, 15) is 4.39 Å². The van der Waals surface area contributed by atoms with Crippen molar-refractivity contribution in [3.63, 3.8) is 0 Å². The summed E-state index contributed by atoms with van der Waals surface area (Å²) in [5.74, 6) is -0.297. The summed E-state index contributed by atoms with van der Waals surface area (Å²) in [4.78, 5) is 5.33. The quantitative estimate of drug-likeness (QED) is 0.904. The summed E-state index contributed by atoms with van der Waals surface area (Å²) in [5, 5.41) is 4.63. The summed E-state index contributed by atoms with van der Waals surface area (Å²) >= 11 is 7.44. The van der Waals surface area contributed by atoms with Crippen LogP contribution >= 0.6 is 22.9 Å². The van der Waals surface area contributed by atoms with E-state index in [1.165, 1.54) is 12.1 Å². The molecule has 0 aliphatic heterocycles. The second-order valence-corrected chi connectivity index (χ2v) is 5.19. The molecule has 1 aromatic heterocycles. The van der Waals surface area contributed by atoms with Crippen molar-refractivity contribution in [2.75, 3.05) is 5.32 Å². The molecule has 0 unspecified atom stereocenters. The van der Waals surface area contributed by atoms with Crippen molar-refractivity contribution >= 4 is 28.6 Å². The number of aromatic nitrogens is 1. The van der Waals surface area contributed by atoms with Gasteiger partial charge in [0.1, 0.15) is 5.82 Å². The van der Waals surface area contributed by atoms with E-state index in [4.69, 9.17) is 11.6 Å². The van der Waals surface area contributed by atoms with Gasteiger partial charge < -0.3 is 5.32 Å². The second kappa shape index (κ2) is 5.47. The first-order chi connectivity index (χ1) is 8.19. The van der Waals surface area contributed by atoms with Gasteiger partial charge in [0.2, 0.25) is 0 Å². The van der Waals surface area contributed by atoms with Crippen LogP contribution in [0.1, 0.15) is 16.8 Å². The van der Waals surface area contributed by atoms with Crippen molar-refractivity contribution in [3.8, 4) is 0 Å². The zero-order valence-electron chi connectivity index (χ0n) is 9.34. The van der Waals surface area contributed by atoms with Gasteiger partial charge in [-0.3, -0.25) is 0 Å². The number of hydrogen-bond donors (Lipinski definition) is 1. The molecule has 0 fully saturated rings. The van der Waals surface area contributed by atoms with Gasteiger partial charge in [-0.15, -0.1) is 11.3 Å². The van der Waals surface area contributed by atoms with E-state index in [0.29, 0.717) is 17.3 Å². The number of thiazole rings is 1. The molecule has 0 atom stereocenters. The van der Waals surface area contributed by atoms with E-state index in [1.807, 2.05) is 6.20 Å². The Morgan fingerprint density at radius 2 is 2.29 bits per heavy atom. The molecule has 0 aliphatic rings. The fraction of sp³-hybridized carbons (Fsp3) is 0.250. The van der Waals surface area contributed by atoms with Crippen LogP contribution in [0, 0.1) is 5.82 Å². The average Bonchev–Trinajstić information content (AvgIpc) is 2.78. The normalized spacial score (nSPS) is 10.5. The molecule has 5 heteroatoms. The Morgan fingerprint density at radius 3 is 3.00 bits per heavy atom. The number of nitrogens with zero attached hydrogens (tertiary/aromatic N) is 1. The van der Waals surface area contributed by atoms with Crippen molar-refractivity contribution in [2.45, 2.75) is 19.9 Å². The lowest BCUT2D eigenvalue weighted by molar-refractivity contribution is 0.630. The van der Waals surface area contributed by atoms with Crippen LogP contribution < -0.4 is 5.32 Å². The topological polar surface area (TPSA) is 24.9 Å². The minimum Gasteiger partial charge on any atom is -0.378 e. The highest BCUT2D eigenvalue weighted by atomic mass is 35.5. The monoisotopic (exact) mass is 270 g/mol. The molecule has 2 rings (SSSR count). The molecule has 0 spiro atoms. The van der Waals surface area contributed by atoms with E-state index in [0.717, 1.165) is 16.3 Å². The highest BCUT2D eigenvalue weighted by Gasteiger charge is 2.04. The van der Waals surface area contributed by atoms with Gasteiger partial charge in [-0.25, -0.2) is 9.37 Å². The zero-order chi connectivity index (χ0) is 12.3. The van der Waals surface area contributed by atoms with Crippen LogP contribution in [0.3, 0.4) is 0 Å². The van der Waals surface area contributed by atoms with Gasteiger partial charge in [0, 0.05) is 16.1 Å². The van der Waals surface area contributed by atoms with Gasteiger partial charge in [-0.1, -0.05) is 18.5 Å². The fourth-order valence-electron chi connectivity index (χ4n) is 1.41. The maximum Gasteiger partial charge on any atom is 0.146 e. The first-order valence-electron chi connectivity index (χ1n) is 5.31. The van der Waals surface area contributed by atoms with Crippen LogP contribution in [0.2, 0.25) is 5.02 Å². The standard InChI is InChI=1S/C12H12ClFN2S/c1-2-12-16-7-9(17-12)6-15-11-5-8(13)3-4-10(11)14/h3-5,7,15H,2,6H2,1H3. The molecule has 1 N–H and O–H groups in total. The number of aryl methyl sites for hydroxylation is 1. The summed E-state index contributed by atoms with van der Waals surface area (Å²) in [6, 6.07) is 4.47. The zero-order valence-corrected chi connectivity index (χ0v) is 10.9. The van der Waals surface area contributed by atoms with Crippen LogP contribution in [-0.2, 0) is 13.0 Å². The molecule has 17 heavy (non-hydrogen) atoms. The first-order valence-corrected chi connectivity index (χ1v) is 6.51. The Bertz CT molecular complexity index is 513. The Balaban J connectivity index is 2.04. The summed E-state index contributed by atoms with van der Waals surface area (Å²) in [5.41, 5.74) is 0.420. The third-order valence-corrected chi connectivity index (χ3v) is 3.66. The second-order valence-electron chi connectivity index (χ2n) is 3.55. The minimum absolute atomic E-state index is 0.297. The van der Waals surface area contributed by atoms with Gasteiger partial charge in [-0.05, 0) is 24.6 Å². The molecule has 2 aromatic rings. The van der Waals surface area contributed by atoms with E-state index < -0.39 is 0 Å². The highest BCUT2D eigenvalue weighted by molar-refractivity contribution is 7.11. The van der Waals surface area contributed by atoms with E-state index in [-0.39, 0.29) is 5.82 Å². The molecule has 0 amide bonds. The van der Waals surface area contributed by atoms with Crippen molar-refractivity contribution in [2.24, 2.45) is 0 Å². The Hall–Kier alpha value is -1.13. The van der Waals surface area contributed by atoms with Crippen LogP contribution in [-0.4, -0.2) is 4.98 Å². The van der Waals surface area contributed by atoms with Gasteiger partial charge in [-0.2, -0.15) is 0 Å². The molecule has 1 aromatic carbocycles. The van der Waals surface area contributed by atoms with Gasteiger partial charge in [0.05, 0.1) is 17.2 Å². The van der Waals surface area contributed by atoms with Crippen molar-refractivity contribution < 1.29 is 4.39 Å².